The third kappa shape index (κ3) is 4.68. The highest BCUT2D eigenvalue weighted by atomic mass is 16.5. The summed E-state index contributed by atoms with van der Waals surface area (Å²) in [4.78, 5) is 11.1. The van der Waals surface area contributed by atoms with Crippen molar-refractivity contribution in [3.8, 4) is 0 Å². The number of hydrogen-bond donors (Lipinski definition) is 1. The Bertz CT molecular complexity index is 197. The highest BCUT2D eigenvalue weighted by Crippen LogP contribution is 2.12. The number of unbranched alkanes of at least 4 members (excludes halogenated alkanes) is 1. The van der Waals surface area contributed by atoms with E-state index in [9.17, 15) is 4.79 Å². The van der Waals surface area contributed by atoms with Crippen LogP contribution in [0.4, 0.5) is 0 Å². The number of allylic oxidation sites excluding steroid dienone is 1. The summed E-state index contributed by atoms with van der Waals surface area (Å²) < 4.78 is 4.62. The van der Waals surface area contributed by atoms with Gasteiger partial charge in [-0.15, -0.1) is 0 Å². The predicted molar refractivity (Wildman–Crippen MR) is 53.3 cm³/mol. The quantitative estimate of drug-likeness (QED) is 0.402. The van der Waals surface area contributed by atoms with Crippen molar-refractivity contribution in [3.63, 3.8) is 0 Å². The van der Waals surface area contributed by atoms with Crippen LogP contribution in [0.3, 0.4) is 0 Å². The maximum atomic E-state index is 11.1. The molecular weight excluding hydrogens is 166 g/mol. The SMILES string of the molecule is COC(=O)C(C)=C(C)CCCCN. The van der Waals surface area contributed by atoms with Gasteiger partial charge in [0.05, 0.1) is 7.11 Å². The first-order valence-electron chi connectivity index (χ1n) is 4.58. The normalized spacial score (nSPS) is 12.3. The molecule has 0 rings (SSSR count). The van der Waals surface area contributed by atoms with E-state index in [-0.39, 0.29) is 5.97 Å². The molecule has 0 radical (unpaired) electrons. The van der Waals surface area contributed by atoms with E-state index in [2.05, 4.69) is 4.74 Å². The third-order valence-electron chi connectivity index (χ3n) is 2.14. The van der Waals surface area contributed by atoms with Crippen molar-refractivity contribution >= 4 is 5.97 Å². The Morgan fingerprint density at radius 1 is 1.31 bits per heavy atom. The van der Waals surface area contributed by atoms with Gasteiger partial charge in [-0.3, -0.25) is 0 Å². The van der Waals surface area contributed by atoms with Gasteiger partial charge in [-0.05, 0) is 39.7 Å². The van der Waals surface area contributed by atoms with Crippen molar-refractivity contribution < 1.29 is 9.53 Å². The van der Waals surface area contributed by atoms with Crippen molar-refractivity contribution in [2.45, 2.75) is 33.1 Å². The van der Waals surface area contributed by atoms with Gasteiger partial charge in [0.25, 0.3) is 0 Å². The molecule has 0 aromatic rings. The zero-order valence-corrected chi connectivity index (χ0v) is 8.72. The van der Waals surface area contributed by atoms with Crippen molar-refractivity contribution in [2.24, 2.45) is 5.73 Å². The van der Waals surface area contributed by atoms with E-state index in [1.54, 1.807) is 6.92 Å². The van der Waals surface area contributed by atoms with Crippen molar-refractivity contribution in [2.75, 3.05) is 13.7 Å². The van der Waals surface area contributed by atoms with Crippen LogP contribution in [0.2, 0.25) is 0 Å². The zero-order valence-electron chi connectivity index (χ0n) is 8.72. The molecule has 0 aliphatic rings. The number of esters is 1. The maximum absolute atomic E-state index is 11.1. The van der Waals surface area contributed by atoms with Crippen LogP contribution in [0.5, 0.6) is 0 Å². The summed E-state index contributed by atoms with van der Waals surface area (Å²) in [6, 6.07) is 0. The lowest BCUT2D eigenvalue weighted by Crippen LogP contribution is -2.04. The number of rotatable bonds is 5. The summed E-state index contributed by atoms with van der Waals surface area (Å²) in [6.07, 6.45) is 2.97. The molecule has 0 aromatic carbocycles. The van der Waals surface area contributed by atoms with Crippen LogP contribution in [0.15, 0.2) is 11.1 Å². The molecule has 0 heterocycles. The summed E-state index contributed by atoms with van der Waals surface area (Å²) in [7, 11) is 1.40. The lowest BCUT2D eigenvalue weighted by molar-refractivity contribution is -0.136. The van der Waals surface area contributed by atoms with Crippen LogP contribution >= 0.6 is 0 Å². The number of carbonyl (C=O) groups is 1. The molecule has 0 atom stereocenters. The Labute approximate surface area is 79.9 Å². The average Bonchev–Trinajstić information content (AvgIpc) is 2.15. The fourth-order valence-electron chi connectivity index (χ4n) is 1.05. The van der Waals surface area contributed by atoms with E-state index in [4.69, 9.17) is 5.73 Å². The predicted octanol–water partition coefficient (Wildman–Crippen LogP) is 1.62. The van der Waals surface area contributed by atoms with Gasteiger partial charge < -0.3 is 10.5 Å². The van der Waals surface area contributed by atoms with Crippen LogP contribution in [0.1, 0.15) is 33.1 Å². The molecular formula is C10H19NO2. The summed E-state index contributed by atoms with van der Waals surface area (Å²) in [6.45, 7) is 4.47. The second-order valence-corrected chi connectivity index (χ2v) is 3.14. The second kappa shape index (κ2) is 6.66. The van der Waals surface area contributed by atoms with Crippen LogP contribution < -0.4 is 5.73 Å². The number of hydrogen-bond acceptors (Lipinski definition) is 3. The molecule has 3 nitrogen and oxygen atoms in total. The Kier molecular flexibility index (Phi) is 6.24. The van der Waals surface area contributed by atoms with Crippen molar-refractivity contribution in [3.05, 3.63) is 11.1 Å². The zero-order chi connectivity index (χ0) is 10.3. The molecule has 0 bridgehead atoms. The Balaban J connectivity index is 4.03. The molecule has 76 valence electrons. The molecule has 0 saturated carbocycles. The lowest BCUT2D eigenvalue weighted by Gasteiger charge is -2.05. The molecule has 13 heavy (non-hydrogen) atoms. The largest absolute Gasteiger partial charge is 0.466 e. The van der Waals surface area contributed by atoms with E-state index in [1.807, 2.05) is 6.92 Å². The van der Waals surface area contributed by atoms with Gasteiger partial charge >= 0.3 is 5.97 Å². The fraction of sp³-hybridized carbons (Fsp3) is 0.700. The minimum absolute atomic E-state index is 0.231. The first-order chi connectivity index (χ1) is 6.13. The summed E-state index contributed by atoms with van der Waals surface area (Å²) in [5, 5.41) is 0. The number of nitrogens with two attached hydrogens (primary N) is 1. The highest BCUT2D eigenvalue weighted by molar-refractivity contribution is 5.88. The molecule has 0 saturated heterocycles. The number of ether oxygens (including phenoxy) is 1. The maximum Gasteiger partial charge on any atom is 0.333 e. The first-order valence-corrected chi connectivity index (χ1v) is 4.58. The van der Waals surface area contributed by atoms with Crippen LogP contribution in [-0.2, 0) is 9.53 Å². The fourth-order valence-corrected chi connectivity index (χ4v) is 1.05. The minimum Gasteiger partial charge on any atom is -0.466 e. The van der Waals surface area contributed by atoms with Gasteiger partial charge in [-0.1, -0.05) is 5.57 Å². The molecule has 3 heteroatoms. The van der Waals surface area contributed by atoms with Gasteiger partial charge in [-0.25, -0.2) is 4.79 Å². The molecule has 0 spiro atoms. The summed E-state index contributed by atoms with van der Waals surface area (Å²) >= 11 is 0. The van der Waals surface area contributed by atoms with Crippen molar-refractivity contribution in [1.82, 2.24) is 0 Å². The van der Waals surface area contributed by atoms with Crippen LogP contribution in [0, 0.1) is 0 Å². The second-order valence-electron chi connectivity index (χ2n) is 3.14. The lowest BCUT2D eigenvalue weighted by atomic mass is 10.1. The van der Waals surface area contributed by atoms with Gasteiger partial charge in [0.1, 0.15) is 0 Å². The molecule has 0 aliphatic carbocycles. The summed E-state index contributed by atoms with van der Waals surface area (Å²) in [5.74, 6) is -0.231. The monoisotopic (exact) mass is 185 g/mol. The topological polar surface area (TPSA) is 52.3 Å². The molecule has 0 amide bonds. The Morgan fingerprint density at radius 3 is 2.38 bits per heavy atom. The standard InChI is InChI=1S/C10H19NO2/c1-8(6-4-5-7-11)9(2)10(12)13-3/h4-7,11H2,1-3H3. The number of methoxy groups -OCH3 is 1. The first kappa shape index (κ1) is 12.2. The average molecular weight is 185 g/mol. The van der Waals surface area contributed by atoms with Crippen LogP contribution in [0.25, 0.3) is 0 Å². The van der Waals surface area contributed by atoms with Crippen molar-refractivity contribution in [1.29, 1.82) is 0 Å². The number of carbonyl (C=O) groups excluding carboxylic acids is 1. The molecule has 0 fully saturated rings. The molecule has 0 aliphatic heterocycles. The highest BCUT2D eigenvalue weighted by Gasteiger charge is 2.06. The Morgan fingerprint density at radius 2 is 1.92 bits per heavy atom. The van der Waals surface area contributed by atoms with E-state index >= 15 is 0 Å². The minimum atomic E-state index is -0.231. The van der Waals surface area contributed by atoms with Gasteiger partial charge in [-0.2, -0.15) is 0 Å². The Hall–Kier alpha value is -0.830. The van der Waals surface area contributed by atoms with Gasteiger partial charge in [0.2, 0.25) is 0 Å². The molecule has 0 unspecified atom stereocenters. The van der Waals surface area contributed by atoms with Crippen LogP contribution in [-0.4, -0.2) is 19.6 Å². The van der Waals surface area contributed by atoms with E-state index in [0.29, 0.717) is 6.54 Å². The smallest absolute Gasteiger partial charge is 0.333 e. The van der Waals surface area contributed by atoms with E-state index < -0.39 is 0 Å². The summed E-state index contributed by atoms with van der Waals surface area (Å²) in [5.41, 5.74) is 7.19. The molecule has 2 N–H and O–H groups in total. The van der Waals surface area contributed by atoms with Gasteiger partial charge in [0, 0.05) is 5.57 Å². The van der Waals surface area contributed by atoms with E-state index in [1.165, 1.54) is 7.11 Å². The third-order valence-corrected chi connectivity index (χ3v) is 2.14. The van der Waals surface area contributed by atoms with E-state index in [0.717, 1.165) is 30.4 Å². The molecule has 0 aromatic heterocycles. The van der Waals surface area contributed by atoms with Gasteiger partial charge in [0.15, 0.2) is 0 Å².